The number of amidine groups is 1. The number of hydrazone groups is 1. The lowest BCUT2D eigenvalue weighted by Gasteiger charge is -2.07. The highest BCUT2D eigenvalue weighted by Gasteiger charge is 2.19. The van der Waals surface area contributed by atoms with E-state index in [0.717, 1.165) is 5.75 Å². The summed E-state index contributed by atoms with van der Waals surface area (Å²) >= 11 is 0. The van der Waals surface area contributed by atoms with Gasteiger partial charge in [0, 0.05) is 6.07 Å². The van der Waals surface area contributed by atoms with E-state index in [0.29, 0.717) is 17.4 Å². The average molecular weight is 393 g/mol. The molecule has 4 N–H and O–H groups in total. The molecule has 0 saturated carbocycles. The topological polar surface area (TPSA) is 109 Å². The van der Waals surface area contributed by atoms with Gasteiger partial charge in [-0.05, 0) is 42.5 Å². The summed E-state index contributed by atoms with van der Waals surface area (Å²) in [6, 6.07) is 19.5. The highest BCUT2D eigenvalue weighted by Crippen LogP contribution is 2.20. The number of nitrogens with zero attached hydrogens (tertiary/aromatic N) is 1. The molecule has 0 aliphatic carbocycles. The molecule has 3 aromatic rings. The summed E-state index contributed by atoms with van der Waals surface area (Å²) in [5.41, 5.74) is 8.50. The Balaban J connectivity index is 1.59. The number of aromatic nitrogens is 1. The SMILES string of the molecule is COc1ccc(OCC(N)=NNC(=O)c2ccc[nH+]c2Oc2ccccc2)cc1. The molecule has 0 radical (unpaired) electrons. The molecule has 2 aromatic carbocycles. The molecule has 1 heterocycles. The first-order valence-electron chi connectivity index (χ1n) is 8.78. The summed E-state index contributed by atoms with van der Waals surface area (Å²) in [6.07, 6.45) is 1.66. The Morgan fingerprint density at radius 3 is 2.45 bits per heavy atom. The minimum Gasteiger partial charge on any atom is -0.497 e. The third kappa shape index (κ3) is 5.70. The van der Waals surface area contributed by atoms with Crippen LogP contribution >= 0.6 is 0 Å². The molecule has 1 aromatic heterocycles. The molecule has 0 atom stereocenters. The van der Waals surface area contributed by atoms with Crippen LogP contribution in [0.25, 0.3) is 0 Å². The van der Waals surface area contributed by atoms with Crippen LogP contribution in [0.15, 0.2) is 78.0 Å². The van der Waals surface area contributed by atoms with Gasteiger partial charge in [-0.3, -0.25) is 4.79 Å². The van der Waals surface area contributed by atoms with E-state index in [-0.39, 0.29) is 18.0 Å². The van der Waals surface area contributed by atoms with E-state index in [1.54, 1.807) is 61.8 Å². The molecule has 8 nitrogen and oxygen atoms in total. The van der Waals surface area contributed by atoms with Gasteiger partial charge in [-0.1, -0.05) is 18.2 Å². The van der Waals surface area contributed by atoms with E-state index in [9.17, 15) is 4.79 Å². The summed E-state index contributed by atoms with van der Waals surface area (Å²) in [5, 5.41) is 3.87. The van der Waals surface area contributed by atoms with E-state index >= 15 is 0 Å². The summed E-state index contributed by atoms with van der Waals surface area (Å²) in [5.74, 6) is 1.85. The van der Waals surface area contributed by atoms with Gasteiger partial charge in [-0.15, -0.1) is 0 Å². The zero-order valence-electron chi connectivity index (χ0n) is 15.8. The van der Waals surface area contributed by atoms with Crippen molar-refractivity contribution in [2.24, 2.45) is 10.8 Å². The predicted octanol–water partition coefficient (Wildman–Crippen LogP) is 2.38. The lowest BCUT2D eigenvalue weighted by molar-refractivity contribution is -0.391. The molecule has 1 amide bonds. The number of rotatable bonds is 8. The molecular weight excluding hydrogens is 372 g/mol. The second-order valence-electron chi connectivity index (χ2n) is 5.84. The Morgan fingerprint density at radius 1 is 1.00 bits per heavy atom. The Kier molecular flexibility index (Phi) is 6.62. The van der Waals surface area contributed by atoms with Crippen LogP contribution in [0, 0.1) is 0 Å². The maximum atomic E-state index is 12.5. The largest absolute Gasteiger partial charge is 0.497 e. The zero-order valence-corrected chi connectivity index (χ0v) is 15.8. The molecule has 0 aliphatic rings. The lowest BCUT2D eigenvalue weighted by Crippen LogP contribution is -2.28. The highest BCUT2D eigenvalue weighted by molar-refractivity contribution is 5.96. The number of hydrogen-bond acceptors (Lipinski definition) is 5. The third-order valence-corrected chi connectivity index (χ3v) is 3.77. The van der Waals surface area contributed by atoms with E-state index in [1.807, 2.05) is 18.2 Å². The van der Waals surface area contributed by atoms with Gasteiger partial charge >= 0.3 is 5.88 Å². The summed E-state index contributed by atoms with van der Waals surface area (Å²) < 4.78 is 16.3. The van der Waals surface area contributed by atoms with Crippen LogP contribution in [0.5, 0.6) is 23.1 Å². The van der Waals surface area contributed by atoms with Crippen LogP contribution < -0.4 is 30.4 Å². The minimum absolute atomic E-state index is 0.0148. The van der Waals surface area contributed by atoms with Crippen LogP contribution in [0.4, 0.5) is 0 Å². The molecule has 8 heteroatoms. The number of aromatic amines is 1. The number of methoxy groups -OCH3 is 1. The van der Waals surface area contributed by atoms with Crippen molar-refractivity contribution in [3.63, 3.8) is 0 Å². The third-order valence-electron chi connectivity index (χ3n) is 3.77. The Hall–Kier alpha value is -4.07. The maximum Gasteiger partial charge on any atom is 0.384 e. The first-order valence-corrected chi connectivity index (χ1v) is 8.78. The van der Waals surface area contributed by atoms with Crippen molar-refractivity contribution in [1.29, 1.82) is 0 Å². The van der Waals surface area contributed by atoms with E-state index in [4.69, 9.17) is 19.9 Å². The van der Waals surface area contributed by atoms with Gasteiger partial charge in [-0.25, -0.2) is 5.43 Å². The molecular formula is C21H21N4O4+. The normalized spacial score (nSPS) is 10.9. The van der Waals surface area contributed by atoms with Crippen molar-refractivity contribution >= 4 is 11.7 Å². The molecule has 0 saturated heterocycles. The standard InChI is InChI=1S/C21H20N4O4/c1-27-15-9-11-16(12-10-15)28-14-19(22)24-25-20(26)18-8-5-13-23-21(18)29-17-6-3-2-4-7-17/h2-13H,14H2,1H3,(H2,22,24)(H,25,26)/p+1. The second kappa shape index (κ2) is 9.75. The van der Waals surface area contributed by atoms with Gasteiger partial charge in [0.1, 0.15) is 23.9 Å². The number of carbonyl (C=O) groups is 1. The van der Waals surface area contributed by atoms with Crippen molar-refractivity contribution in [3.05, 3.63) is 78.5 Å². The highest BCUT2D eigenvalue weighted by atomic mass is 16.5. The van der Waals surface area contributed by atoms with Crippen LogP contribution in [0.3, 0.4) is 0 Å². The Morgan fingerprint density at radius 2 is 1.72 bits per heavy atom. The average Bonchev–Trinajstić information content (AvgIpc) is 2.77. The molecule has 0 unspecified atom stereocenters. The van der Waals surface area contributed by atoms with Crippen LogP contribution in [-0.2, 0) is 0 Å². The van der Waals surface area contributed by atoms with Gasteiger partial charge < -0.3 is 19.9 Å². The number of pyridine rings is 1. The first-order chi connectivity index (χ1) is 14.2. The van der Waals surface area contributed by atoms with E-state index < -0.39 is 5.91 Å². The zero-order chi connectivity index (χ0) is 20.5. The number of amides is 1. The van der Waals surface area contributed by atoms with Gasteiger partial charge in [0.05, 0.1) is 7.11 Å². The predicted molar refractivity (Wildman–Crippen MR) is 107 cm³/mol. The van der Waals surface area contributed by atoms with Crippen molar-refractivity contribution in [3.8, 4) is 23.1 Å². The van der Waals surface area contributed by atoms with Crippen LogP contribution in [0.1, 0.15) is 10.4 Å². The molecule has 148 valence electrons. The summed E-state index contributed by atoms with van der Waals surface area (Å²) in [7, 11) is 1.59. The second-order valence-corrected chi connectivity index (χ2v) is 5.84. The first kappa shape index (κ1) is 19.7. The number of nitrogens with one attached hydrogen (secondary N) is 2. The van der Waals surface area contributed by atoms with Gasteiger partial charge in [0.15, 0.2) is 17.6 Å². The number of para-hydroxylation sites is 1. The van der Waals surface area contributed by atoms with Crippen molar-refractivity contribution in [2.45, 2.75) is 0 Å². The van der Waals surface area contributed by atoms with Crippen molar-refractivity contribution in [1.82, 2.24) is 5.43 Å². The number of ether oxygens (including phenoxy) is 3. The molecule has 29 heavy (non-hydrogen) atoms. The number of benzene rings is 2. The van der Waals surface area contributed by atoms with Gasteiger partial charge in [0.25, 0.3) is 5.91 Å². The van der Waals surface area contributed by atoms with Crippen molar-refractivity contribution in [2.75, 3.05) is 13.7 Å². The molecule has 0 spiro atoms. The minimum atomic E-state index is -0.472. The molecule has 3 rings (SSSR count). The van der Waals surface area contributed by atoms with Crippen LogP contribution in [-0.4, -0.2) is 25.5 Å². The molecule has 0 fully saturated rings. The smallest absolute Gasteiger partial charge is 0.384 e. The van der Waals surface area contributed by atoms with Gasteiger partial charge in [0.2, 0.25) is 0 Å². The number of hydrogen-bond donors (Lipinski definition) is 2. The summed E-state index contributed by atoms with van der Waals surface area (Å²) in [6.45, 7) is 0.0148. The molecule has 0 bridgehead atoms. The van der Waals surface area contributed by atoms with Crippen molar-refractivity contribution < 1.29 is 24.0 Å². The fourth-order valence-electron chi connectivity index (χ4n) is 2.34. The monoisotopic (exact) mass is 393 g/mol. The Labute approximate surface area is 167 Å². The lowest BCUT2D eigenvalue weighted by atomic mass is 10.2. The number of carbonyl (C=O) groups excluding carboxylic acids is 1. The Bertz CT molecular complexity index is 975. The fourth-order valence-corrected chi connectivity index (χ4v) is 2.34. The fraction of sp³-hybridized carbons (Fsp3) is 0.0952. The van der Waals surface area contributed by atoms with Gasteiger partial charge in [-0.2, -0.15) is 10.1 Å². The van der Waals surface area contributed by atoms with Crippen LogP contribution in [0.2, 0.25) is 0 Å². The number of nitrogens with two attached hydrogens (primary N) is 1. The summed E-state index contributed by atoms with van der Waals surface area (Å²) in [4.78, 5) is 15.4. The maximum absolute atomic E-state index is 12.5. The van der Waals surface area contributed by atoms with E-state index in [1.165, 1.54) is 0 Å². The number of H-pyrrole nitrogens is 1. The quantitative estimate of drug-likeness (QED) is 0.347. The van der Waals surface area contributed by atoms with E-state index in [2.05, 4.69) is 15.5 Å². The molecule has 0 aliphatic heterocycles.